The summed E-state index contributed by atoms with van der Waals surface area (Å²) in [5, 5.41) is 2.87. The Morgan fingerprint density at radius 2 is 2.08 bits per heavy atom. The number of rotatable bonds is 6. The first-order valence-corrected chi connectivity index (χ1v) is 9.46. The summed E-state index contributed by atoms with van der Waals surface area (Å²) in [7, 11) is -0.499. The Hall–Kier alpha value is -1.64. The van der Waals surface area contributed by atoms with Gasteiger partial charge < -0.3 is 10.1 Å². The lowest BCUT2D eigenvalue weighted by Gasteiger charge is -2.32. The standard InChI is InChI=1S/C16H25N3O4S/c1-4-23-15-10-6-5-9-14(15)17-16(20)13-8-7-11-19(12-13)24(21,22)18(2)3/h5-6,9-10,13H,4,7-8,11-12H2,1-3H3,(H,17,20). The Kier molecular flexibility index (Phi) is 6.20. The molecule has 8 heteroatoms. The minimum Gasteiger partial charge on any atom is -0.492 e. The molecule has 0 bridgehead atoms. The van der Waals surface area contributed by atoms with Crippen LogP contribution in [0, 0.1) is 5.92 Å². The monoisotopic (exact) mass is 355 g/mol. The van der Waals surface area contributed by atoms with Gasteiger partial charge in [-0.05, 0) is 31.9 Å². The molecule has 24 heavy (non-hydrogen) atoms. The van der Waals surface area contributed by atoms with Crippen LogP contribution in [0.3, 0.4) is 0 Å². The van der Waals surface area contributed by atoms with Crippen molar-refractivity contribution in [2.45, 2.75) is 19.8 Å². The summed E-state index contributed by atoms with van der Waals surface area (Å²) in [6.45, 7) is 3.03. The number of nitrogens with one attached hydrogen (secondary N) is 1. The van der Waals surface area contributed by atoms with Gasteiger partial charge in [-0.3, -0.25) is 4.79 Å². The van der Waals surface area contributed by atoms with Crippen LogP contribution in [0.25, 0.3) is 0 Å². The maximum absolute atomic E-state index is 12.6. The predicted octanol–water partition coefficient (Wildman–Crippen LogP) is 1.54. The predicted molar refractivity (Wildman–Crippen MR) is 93.1 cm³/mol. The van der Waals surface area contributed by atoms with Crippen molar-refractivity contribution in [3.8, 4) is 5.75 Å². The van der Waals surface area contributed by atoms with Crippen molar-refractivity contribution in [2.75, 3.05) is 39.1 Å². The molecule has 1 unspecified atom stereocenters. The van der Waals surface area contributed by atoms with E-state index in [1.165, 1.54) is 22.7 Å². The lowest BCUT2D eigenvalue weighted by molar-refractivity contribution is -0.120. The first kappa shape index (κ1) is 18.7. The summed E-state index contributed by atoms with van der Waals surface area (Å²) in [6.07, 6.45) is 1.33. The van der Waals surface area contributed by atoms with Crippen molar-refractivity contribution in [3.63, 3.8) is 0 Å². The van der Waals surface area contributed by atoms with Crippen molar-refractivity contribution in [2.24, 2.45) is 5.92 Å². The number of carbonyl (C=O) groups excluding carboxylic acids is 1. The van der Waals surface area contributed by atoms with E-state index in [-0.39, 0.29) is 18.4 Å². The van der Waals surface area contributed by atoms with Gasteiger partial charge in [0.2, 0.25) is 5.91 Å². The Morgan fingerprint density at radius 3 is 2.75 bits per heavy atom. The quantitative estimate of drug-likeness (QED) is 0.840. The Morgan fingerprint density at radius 1 is 1.38 bits per heavy atom. The molecule has 1 N–H and O–H groups in total. The van der Waals surface area contributed by atoms with Gasteiger partial charge in [0.1, 0.15) is 5.75 Å². The van der Waals surface area contributed by atoms with Gasteiger partial charge in [-0.2, -0.15) is 17.0 Å². The Balaban J connectivity index is 2.08. The summed E-state index contributed by atoms with van der Waals surface area (Å²) < 4.78 is 32.6. The van der Waals surface area contributed by atoms with Gasteiger partial charge in [-0.15, -0.1) is 0 Å². The zero-order valence-corrected chi connectivity index (χ0v) is 15.2. The van der Waals surface area contributed by atoms with Crippen LogP contribution in [-0.2, 0) is 15.0 Å². The summed E-state index contributed by atoms with van der Waals surface area (Å²) >= 11 is 0. The third-order valence-corrected chi connectivity index (χ3v) is 5.89. The first-order valence-electron chi connectivity index (χ1n) is 8.06. The highest BCUT2D eigenvalue weighted by Gasteiger charge is 2.33. The number of hydrogen-bond acceptors (Lipinski definition) is 4. The highest BCUT2D eigenvalue weighted by molar-refractivity contribution is 7.86. The second-order valence-corrected chi connectivity index (χ2v) is 8.05. The molecule has 0 aromatic heterocycles. The number of nitrogens with zero attached hydrogens (tertiary/aromatic N) is 2. The fraction of sp³-hybridized carbons (Fsp3) is 0.562. The van der Waals surface area contributed by atoms with Crippen LogP contribution < -0.4 is 10.1 Å². The SMILES string of the molecule is CCOc1ccccc1NC(=O)C1CCCN(S(=O)(=O)N(C)C)C1. The molecule has 1 aliphatic rings. The molecule has 1 amide bonds. The van der Waals surface area contributed by atoms with Gasteiger partial charge in [0, 0.05) is 27.2 Å². The molecule has 7 nitrogen and oxygen atoms in total. The first-order chi connectivity index (χ1) is 11.4. The average molecular weight is 355 g/mol. The van der Waals surface area contributed by atoms with E-state index < -0.39 is 10.2 Å². The number of para-hydroxylation sites is 2. The van der Waals surface area contributed by atoms with Gasteiger partial charge in [-0.1, -0.05) is 12.1 Å². The van der Waals surface area contributed by atoms with E-state index in [0.29, 0.717) is 37.4 Å². The molecule has 1 heterocycles. The second kappa shape index (κ2) is 7.96. The highest BCUT2D eigenvalue weighted by Crippen LogP contribution is 2.26. The average Bonchev–Trinajstić information content (AvgIpc) is 2.57. The van der Waals surface area contributed by atoms with E-state index in [2.05, 4.69) is 5.32 Å². The summed E-state index contributed by atoms with van der Waals surface area (Å²) in [4.78, 5) is 12.6. The van der Waals surface area contributed by atoms with Crippen LogP contribution in [0.4, 0.5) is 5.69 Å². The number of hydrogen-bond donors (Lipinski definition) is 1. The highest BCUT2D eigenvalue weighted by atomic mass is 32.2. The molecule has 0 aliphatic carbocycles. The number of ether oxygens (including phenoxy) is 1. The van der Waals surface area contributed by atoms with E-state index in [4.69, 9.17) is 4.74 Å². The number of benzene rings is 1. The molecule has 0 spiro atoms. The van der Waals surface area contributed by atoms with Crippen LogP contribution in [-0.4, -0.2) is 56.7 Å². The van der Waals surface area contributed by atoms with Crippen molar-refractivity contribution < 1.29 is 17.9 Å². The second-order valence-electron chi connectivity index (χ2n) is 5.91. The number of anilines is 1. The molecule has 1 fully saturated rings. The van der Waals surface area contributed by atoms with Crippen LogP contribution in [0.5, 0.6) is 5.75 Å². The molecule has 1 aromatic carbocycles. The lowest BCUT2D eigenvalue weighted by Crippen LogP contribution is -2.47. The summed E-state index contributed by atoms with van der Waals surface area (Å²) in [5.74, 6) is 0.0610. The number of amides is 1. The fourth-order valence-corrected chi connectivity index (χ4v) is 3.87. The zero-order chi connectivity index (χ0) is 17.7. The summed E-state index contributed by atoms with van der Waals surface area (Å²) in [5.41, 5.74) is 0.608. The van der Waals surface area contributed by atoms with Gasteiger partial charge in [-0.25, -0.2) is 0 Å². The third-order valence-electron chi connectivity index (χ3n) is 3.99. The molecule has 2 rings (SSSR count). The van der Waals surface area contributed by atoms with Crippen molar-refractivity contribution in [1.82, 2.24) is 8.61 Å². The normalized spacial score (nSPS) is 19.2. The Labute approximate surface area is 143 Å². The van der Waals surface area contributed by atoms with E-state index in [1.54, 1.807) is 12.1 Å². The van der Waals surface area contributed by atoms with Gasteiger partial charge in [0.05, 0.1) is 18.2 Å². The molecule has 1 atom stereocenters. The van der Waals surface area contributed by atoms with Crippen LogP contribution in [0.15, 0.2) is 24.3 Å². The van der Waals surface area contributed by atoms with Crippen molar-refractivity contribution in [1.29, 1.82) is 0 Å². The number of piperidine rings is 1. The molecule has 134 valence electrons. The van der Waals surface area contributed by atoms with Gasteiger partial charge in [0.15, 0.2) is 0 Å². The zero-order valence-electron chi connectivity index (χ0n) is 14.4. The van der Waals surface area contributed by atoms with Crippen LogP contribution in [0.2, 0.25) is 0 Å². The summed E-state index contributed by atoms with van der Waals surface area (Å²) in [6, 6.07) is 7.23. The molecule has 0 saturated carbocycles. The minimum atomic E-state index is -3.49. The van der Waals surface area contributed by atoms with E-state index in [9.17, 15) is 13.2 Å². The van der Waals surface area contributed by atoms with Crippen molar-refractivity contribution in [3.05, 3.63) is 24.3 Å². The van der Waals surface area contributed by atoms with Crippen molar-refractivity contribution >= 4 is 21.8 Å². The van der Waals surface area contributed by atoms with E-state index in [0.717, 1.165) is 0 Å². The smallest absolute Gasteiger partial charge is 0.281 e. The topological polar surface area (TPSA) is 79.0 Å². The lowest BCUT2D eigenvalue weighted by atomic mass is 9.98. The Bertz CT molecular complexity index is 676. The maximum Gasteiger partial charge on any atom is 0.281 e. The molecule has 1 aromatic rings. The minimum absolute atomic E-state index is 0.180. The molecule has 1 aliphatic heterocycles. The van der Waals surface area contributed by atoms with Gasteiger partial charge in [0.25, 0.3) is 10.2 Å². The third kappa shape index (κ3) is 4.25. The number of carbonyl (C=O) groups is 1. The van der Waals surface area contributed by atoms with E-state index in [1.807, 2.05) is 19.1 Å². The van der Waals surface area contributed by atoms with Crippen LogP contribution in [0.1, 0.15) is 19.8 Å². The molecular formula is C16H25N3O4S. The van der Waals surface area contributed by atoms with E-state index >= 15 is 0 Å². The van der Waals surface area contributed by atoms with Crippen LogP contribution >= 0.6 is 0 Å². The fourth-order valence-electron chi connectivity index (χ4n) is 2.68. The maximum atomic E-state index is 12.6. The largest absolute Gasteiger partial charge is 0.492 e. The molecular weight excluding hydrogens is 330 g/mol. The molecule has 1 saturated heterocycles. The van der Waals surface area contributed by atoms with Gasteiger partial charge >= 0.3 is 0 Å². The molecule has 0 radical (unpaired) electrons.